The van der Waals surface area contributed by atoms with Crippen LogP contribution in [-0.4, -0.2) is 17.1 Å². The lowest BCUT2D eigenvalue weighted by atomic mass is 10.0. The Morgan fingerprint density at radius 2 is 2.12 bits per heavy atom. The Morgan fingerprint density at radius 1 is 1.47 bits per heavy atom. The average Bonchev–Trinajstić information content (AvgIpc) is 2.22. The summed E-state index contributed by atoms with van der Waals surface area (Å²) in [7, 11) is 0. The molecule has 0 unspecified atom stereocenters. The molecular weight excluding hydrogens is 221 g/mol. The van der Waals surface area contributed by atoms with Gasteiger partial charge in [-0.3, -0.25) is 10.1 Å². The molecular formula is C13H18FNO2. The van der Waals surface area contributed by atoms with Crippen molar-refractivity contribution in [3.05, 3.63) is 35.1 Å². The van der Waals surface area contributed by atoms with E-state index in [1.807, 2.05) is 20.8 Å². The Labute approximate surface area is 101 Å². The van der Waals surface area contributed by atoms with Gasteiger partial charge < -0.3 is 5.11 Å². The summed E-state index contributed by atoms with van der Waals surface area (Å²) in [5.41, 5.74) is 1.46. The predicted octanol–water partition coefficient (Wildman–Crippen LogP) is 2.33. The Balaban J connectivity index is 2.72. The number of carbonyl (C=O) groups is 1. The van der Waals surface area contributed by atoms with Crippen molar-refractivity contribution >= 4 is 5.97 Å². The van der Waals surface area contributed by atoms with E-state index in [1.165, 1.54) is 6.07 Å². The summed E-state index contributed by atoms with van der Waals surface area (Å²) in [6.07, 6.45) is 0. The van der Waals surface area contributed by atoms with E-state index in [1.54, 1.807) is 12.1 Å². The van der Waals surface area contributed by atoms with Crippen molar-refractivity contribution in [2.45, 2.75) is 33.4 Å². The summed E-state index contributed by atoms with van der Waals surface area (Å²) < 4.78 is 13.4. The Hall–Kier alpha value is -1.42. The van der Waals surface area contributed by atoms with Gasteiger partial charge >= 0.3 is 5.97 Å². The van der Waals surface area contributed by atoms with E-state index < -0.39 is 12.0 Å². The summed E-state index contributed by atoms with van der Waals surface area (Å²) in [5.74, 6) is -1.26. The molecule has 17 heavy (non-hydrogen) atoms. The van der Waals surface area contributed by atoms with Gasteiger partial charge in [-0.05, 0) is 18.9 Å². The summed E-state index contributed by atoms with van der Waals surface area (Å²) in [4.78, 5) is 11.0. The number of benzene rings is 1. The van der Waals surface area contributed by atoms with E-state index in [0.717, 1.165) is 5.56 Å². The topological polar surface area (TPSA) is 49.3 Å². The van der Waals surface area contributed by atoms with Crippen molar-refractivity contribution in [3.63, 3.8) is 0 Å². The zero-order valence-corrected chi connectivity index (χ0v) is 10.3. The molecule has 3 nitrogen and oxygen atoms in total. The lowest BCUT2D eigenvalue weighted by molar-refractivity contribution is -0.140. The monoisotopic (exact) mass is 239 g/mol. The third-order valence-electron chi connectivity index (χ3n) is 2.65. The average molecular weight is 239 g/mol. The van der Waals surface area contributed by atoms with Gasteiger partial charge in [0.25, 0.3) is 0 Å². The summed E-state index contributed by atoms with van der Waals surface area (Å²) >= 11 is 0. The van der Waals surface area contributed by atoms with Crippen molar-refractivity contribution in [1.82, 2.24) is 5.32 Å². The lowest BCUT2D eigenvalue weighted by Gasteiger charge is -2.18. The number of carboxylic acids is 1. The second-order valence-corrected chi connectivity index (χ2v) is 4.54. The van der Waals surface area contributed by atoms with Crippen molar-refractivity contribution in [2.24, 2.45) is 5.92 Å². The number of hydrogen-bond acceptors (Lipinski definition) is 2. The molecule has 0 saturated carbocycles. The van der Waals surface area contributed by atoms with Crippen LogP contribution in [0, 0.1) is 18.7 Å². The standard InChI is InChI=1S/C13H18FNO2/c1-8(2)12(13(16)17)15-7-10-6-9(3)4-5-11(10)14/h4-6,8,12,15H,7H2,1-3H3,(H,16,17)/t12-/m0/s1. The molecule has 0 heterocycles. The van der Waals surface area contributed by atoms with Crippen LogP contribution >= 0.6 is 0 Å². The molecule has 0 aliphatic rings. The van der Waals surface area contributed by atoms with Gasteiger partial charge in [0.05, 0.1) is 0 Å². The SMILES string of the molecule is Cc1ccc(F)c(CN[C@H](C(=O)O)C(C)C)c1. The Morgan fingerprint density at radius 3 is 2.65 bits per heavy atom. The van der Waals surface area contributed by atoms with Gasteiger partial charge in [0.2, 0.25) is 0 Å². The zero-order chi connectivity index (χ0) is 13.0. The number of halogens is 1. The summed E-state index contributed by atoms with van der Waals surface area (Å²) in [6.45, 7) is 5.74. The summed E-state index contributed by atoms with van der Waals surface area (Å²) in [6, 6.07) is 4.16. The highest BCUT2D eigenvalue weighted by molar-refractivity contribution is 5.73. The molecule has 0 saturated heterocycles. The molecule has 0 amide bonds. The van der Waals surface area contributed by atoms with Gasteiger partial charge in [0, 0.05) is 12.1 Å². The molecule has 0 fully saturated rings. The Kier molecular flexibility index (Phi) is 4.63. The molecule has 0 aliphatic heterocycles. The minimum atomic E-state index is -0.909. The molecule has 0 aliphatic carbocycles. The van der Waals surface area contributed by atoms with Crippen molar-refractivity contribution in [2.75, 3.05) is 0 Å². The highest BCUT2D eigenvalue weighted by Crippen LogP contribution is 2.11. The van der Waals surface area contributed by atoms with Gasteiger partial charge in [-0.15, -0.1) is 0 Å². The van der Waals surface area contributed by atoms with Crippen molar-refractivity contribution in [3.8, 4) is 0 Å². The maximum Gasteiger partial charge on any atom is 0.320 e. The van der Waals surface area contributed by atoms with Gasteiger partial charge in [-0.1, -0.05) is 31.5 Å². The largest absolute Gasteiger partial charge is 0.480 e. The molecule has 94 valence electrons. The minimum absolute atomic E-state index is 0.0413. The van der Waals surface area contributed by atoms with Crippen LogP contribution in [0.15, 0.2) is 18.2 Å². The molecule has 1 aromatic carbocycles. The Bertz CT molecular complexity index is 404. The molecule has 1 atom stereocenters. The van der Waals surface area contributed by atoms with Crippen molar-refractivity contribution in [1.29, 1.82) is 0 Å². The smallest absolute Gasteiger partial charge is 0.320 e. The molecule has 0 radical (unpaired) electrons. The number of aliphatic carboxylic acids is 1. The van der Waals surface area contributed by atoms with E-state index in [2.05, 4.69) is 5.32 Å². The van der Waals surface area contributed by atoms with Crippen molar-refractivity contribution < 1.29 is 14.3 Å². The molecule has 0 spiro atoms. The first-order valence-corrected chi connectivity index (χ1v) is 5.63. The normalized spacial score (nSPS) is 12.8. The number of aryl methyl sites for hydroxylation is 1. The van der Waals surface area contributed by atoms with Crippen LogP contribution in [0.2, 0.25) is 0 Å². The van der Waals surface area contributed by atoms with Crippen LogP contribution in [-0.2, 0) is 11.3 Å². The first-order chi connectivity index (χ1) is 7.91. The van der Waals surface area contributed by atoms with E-state index in [4.69, 9.17) is 5.11 Å². The number of nitrogens with one attached hydrogen (secondary N) is 1. The third kappa shape index (κ3) is 3.82. The minimum Gasteiger partial charge on any atom is -0.480 e. The number of hydrogen-bond donors (Lipinski definition) is 2. The maximum absolute atomic E-state index is 13.4. The quantitative estimate of drug-likeness (QED) is 0.829. The molecule has 1 rings (SSSR count). The number of carboxylic acid groups (broad SMARTS) is 1. The second-order valence-electron chi connectivity index (χ2n) is 4.54. The molecule has 1 aromatic rings. The molecule has 4 heteroatoms. The fourth-order valence-corrected chi connectivity index (χ4v) is 1.67. The highest BCUT2D eigenvalue weighted by atomic mass is 19.1. The molecule has 0 aromatic heterocycles. The summed E-state index contributed by atoms with van der Waals surface area (Å²) in [5, 5.41) is 11.9. The van der Waals surface area contributed by atoms with Gasteiger partial charge in [-0.25, -0.2) is 4.39 Å². The van der Waals surface area contributed by atoms with Crippen LogP contribution in [0.4, 0.5) is 4.39 Å². The highest BCUT2D eigenvalue weighted by Gasteiger charge is 2.20. The molecule has 2 N–H and O–H groups in total. The van der Waals surface area contributed by atoms with E-state index in [9.17, 15) is 9.18 Å². The zero-order valence-electron chi connectivity index (χ0n) is 10.3. The number of rotatable bonds is 5. The first-order valence-electron chi connectivity index (χ1n) is 5.63. The lowest BCUT2D eigenvalue weighted by Crippen LogP contribution is -2.40. The predicted molar refractivity (Wildman–Crippen MR) is 64.2 cm³/mol. The van der Waals surface area contributed by atoms with Gasteiger partial charge in [0.15, 0.2) is 0 Å². The van der Waals surface area contributed by atoms with E-state index >= 15 is 0 Å². The second kappa shape index (κ2) is 5.77. The fraction of sp³-hybridized carbons (Fsp3) is 0.462. The van der Waals surface area contributed by atoms with Crippen LogP contribution in [0.25, 0.3) is 0 Å². The van der Waals surface area contributed by atoms with Crippen LogP contribution in [0.3, 0.4) is 0 Å². The molecule has 0 bridgehead atoms. The first kappa shape index (κ1) is 13.6. The van der Waals surface area contributed by atoms with Crippen LogP contribution in [0.1, 0.15) is 25.0 Å². The van der Waals surface area contributed by atoms with Crippen LogP contribution < -0.4 is 5.32 Å². The maximum atomic E-state index is 13.4. The van der Waals surface area contributed by atoms with E-state index in [-0.39, 0.29) is 18.3 Å². The van der Waals surface area contributed by atoms with E-state index in [0.29, 0.717) is 5.56 Å². The third-order valence-corrected chi connectivity index (χ3v) is 2.65. The van der Waals surface area contributed by atoms with Crippen LogP contribution in [0.5, 0.6) is 0 Å². The fourth-order valence-electron chi connectivity index (χ4n) is 1.67. The van der Waals surface area contributed by atoms with Gasteiger partial charge in [-0.2, -0.15) is 0 Å². The van der Waals surface area contributed by atoms with Gasteiger partial charge in [0.1, 0.15) is 11.9 Å².